The zero-order valence-electron chi connectivity index (χ0n) is 12.7. The molecule has 1 aromatic carbocycles. The van der Waals surface area contributed by atoms with E-state index in [1.807, 2.05) is 0 Å². The minimum atomic E-state index is 0.689. The highest BCUT2D eigenvalue weighted by Gasteiger charge is 2.11. The second-order valence-electron chi connectivity index (χ2n) is 5.62. The van der Waals surface area contributed by atoms with Gasteiger partial charge >= 0.3 is 0 Å². The Morgan fingerprint density at radius 3 is 2.50 bits per heavy atom. The number of hydrogen-bond acceptors (Lipinski definition) is 4. The molecular weight excluding hydrogens is 266 g/mol. The first-order chi connectivity index (χ1) is 9.58. The highest BCUT2D eigenvalue weighted by atomic mass is 32.1. The van der Waals surface area contributed by atoms with Crippen LogP contribution in [-0.2, 0) is 6.42 Å². The molecule has 1 aromatic heterocycles. The summed E-state index contributed by atoms with van der Waals surface area (Å²) >= 11 is 1.71. The maximum atomic E-state index is 4.36. The lowest BCUT2D eigenvalue weighted by Gasteiger charge is -2.05. The molecule has 0 fully saturated rings. The van der Waals surface area contributed by atoms with E-state index < -0.39 is 0 Å². The number of nitrogens with one attached hydrogen (secondary N) is 1. The predicted molar refractivity (Wildman–Crippen MR) is 86.2 cm³/mol. The van der Waals surface area contributed by atoms with Gasteiger partial charge in [-0.2, -0.15) is 0 Å². The molecule has 0 aliphatic heterocycles. The summed E-state index contributed by atoms with van der Waals surface area (Å²) in [5, 5.41) is 14.3. The lowest BCUT2D eigenvalue weighted by Crippen LogP contribution is -2.22. The first-order valence-corrected chi connectivity index (χ1v) is 7.99. The SMILES string of the molecule is Cc1cccc(C)c1-c1nnc(CCNCC(C)C)s1. The maximum absolute atomic E-state index is 4.36. The Balaban J connectivity index is 2.02. The molecule has 0 saturated heterocycles. The monoisotopic (exact) mass is 289 g/mol. The summed E-state index contributed by atoms with van der Waals surface area (Å²) in [6.07, 6.45) is 0.954. The molecule has 0 atom stereocenters. The van der Waals surface area contributed by atoms with Crippen LogP contribution in [0.15, 0.2) is 18.2 Å². The van der Waals surface area contributed by atoms with E-state index in [0.29, 0.717) is 5.92 Å². The Morgan fingerprint density at radius 2 is 1.85 bits per heavy atom. The second kappa shape index (κ2) is 6.95. The van der Waals surface area contributed by atoms with E-state index >= 15 is 0 Å². The summed E-state index contributed by atoms with van der Waals surface area (Å²) < 4.78 is 0. The molecule has 0 bridgehead atoms. The summed E-state index contributed by atoms with van der Waals surface area (Å²) in [6.45, 7) is 10.7. The lowest BCUT2D eigenvalue weighted by molar-refractivity contribution is 0.553. The minimum absolute atomic E-state index is 0.689. The Labute approximate surface area is 125 Å². The largest absolute Gasteiger partial charge is 0.316 e. The predicted octanol–water partition coefficient (Wildman–Crippen LogP) is 3.61. The smallest absolute Gasteiger partial charge is 0.148 e. The van der Waals surface area contributed by atoms with Crippen molar-refractivity contribution in [2.75, 3.05) is 13.1 Å². The minimum Gasteiger partial charge on any atom is -0.316 e. The first kappa shape index (κ1) is 15.1. The van der Waals surface area contributed by atoms with E-state index in [0.717, 1.165) is 29.5 Å². The Kier molecular flexibility index (Phi) is 5.26. The van der Waals surface area contributed by atoms with Gasteiger partial charge in [0, 0.05) is 18.5 Å². The quantitative estimate of drug-likeness (QED) is 0.826. The molecule has 3 nitrogen and oxygen atoms in total. The molecule has 0 unspecified atom stereocenters. The molecule has 108 valence electrons. The van der Waals surface area contributed by atoms with Gasteiger partial charge in [0.15, 0.2) is 0 Å². The standard InChI is InChI=1S/C16H23N3S/c1-11(2)10-17-9-8-14-18-19-16(20-14)15-12(3)6-5-7-13(15)4/h5-7,11,17H,8-10H2,1-4H3. The van der Waals surface area contributed by atoms with Crippen molar-refractivity contribution in [2.24, 2.45) is 5.92 Å². The second-order valence-corrected chi connectivity index (χ2v) is 6.68. The molecule has 20 heavy (non-hydrogen) atoms. The van der Waals surface area contributed by atoms with Crippen LogP contribution in [0.2, 0.25) is 0 Å². The highest BCUT2D eigenvalue weighted by Crippen LogP contribution is 2.29. The first-order valence-electron chi connectivity index (χ1n) is 7.17. The molecule has 2 aromatic rings. The summed E-state index contributed by atoms with van der Waals surface area (Å²) in [4.78, 5) is 0. The zero-order valence-corrected chi connectivity index (χ0v) is 13.5. The fraction of sp³-hybridized carbons (Fsp3) is 0.500. The van der Waals surface area contributed by atoms with Crippen molar-refractivity contribution in [1.29, 1.82) is 0 Å². The van der Waals surface area contributed by atoms with Crippen LogP contribution in [0.1, 0.15) is 30.0 Å². The van der Waals surface area contributed by atoms with Crippen molar-refractivity contribution in [2.45, 2.75) is 34.1 Å². The van der Waals surface area contributed by atoms with Gasteiger partial charge in [0.25, 0.3) is 0 Å². The van der Waals surface area contributed by atoms with Crippen molar-refractivity contribution < 1.29 is 0 Å². The van der Waals surface area contributed by atoms with Gasteiger partial charge in [0.1, 0.15) is 10.0 Å². The number of rotatable bonds is 6. The van der Waals surface area contributed by atoms with Gasteiger partial charge in [-0.15, -0.1) is 10.2 Å². The fourth-order valence-corrected chi connectivity index (χ4v) is 3.21. The third kappa shape index (κ3) is 3.87. The van der Waals surface area contributed by atoms with Crippen LogP contribution in [0.25, 0.3) is 10.6 Å². The van der Waals surface area contributed by atoms with E-state index in [1.54, 1.807) is 11.3 Å². The van der Waals surface area contributed by atoms with Crippen LogP contribution in [0, 0.1) is 19.8 Å². The molecule has 0 spiro atoms. The maximum Gasteiger partial charge on any atom is 0.148 e. The molecule has 0 aliphatic rings. The topological polar surface area (TPSA) is 37.8 Å². The molecular formula is C16H23N3S. The van der Waals surface area contributed by atoms with Gasteiger partial charge in [-0.05, 0) is 37.4 Å². The summed E-state index contributed by atoms with van der Waals surface area (Å²) in [5.74, 6) is 0.689. The van der Waals surface area contributed by atoms with E-state index in [4.69, 9.17) is 0 Å². The molecule has 0 amide bonds. The average molecular weight is 289 g/mol. The molecule has 0 radical (unpaired) electrons. The van der Waals surface area contributed by atoms with Crippen LogP contribution in [0.4, 0.5) is 0 Å². The Morgan fingerprint density at radius 1 is 1.15 bits per heavy atom. The van der Waals surface area contributed by atoms with E-state index in [9.17, 15) is 0 Å². The van der Waals surface area contributed by atoms with Gasteiger partial charge in [0.2, 0.25) is 0 Å². The van der Waals surface area contributed by atoms with Crippen molar-refractivity contribution >= 4 is 11.3 Å². The molecule has 2 rings (SSSR count). The van der Waals surface area contributed by atoms with Crippen molar-refractivity contribution in [3.8, 4) is 10.6 Å². The van der Waals surface area contributed by atoms with Crippen LogP contribution >= 0.6 is 11.3 Å². The Bertz CT molecular complexity index is 540. The number of aromatic nitrogens is 2. The van der Waals surface area contributed by atoms with E-state index in [-0.39, 0.29) is 0 Å². The summed E-state index contributed by atoms with van der Waals surface area (Å²) in [6, 6.07) is 6.35. The Hall–Kier alpha value is -1.26. The van der Waals surface area contributed by atoms with Gasteiger partial charge < -0.3 is 5.32 Å². The van der Waals surface area contributed by atoms with Gasteiger partial charge in [0.05, 0.1) is 0 Å². The van der Waals surface area contributed by atoms with Gasteiger partial charge in [-0.25, -0.2) is 0 Å². The van der Waals surface area contributed by atoms with Crippen LogP contribution in [-0.4, -0.2) is 23.3 Å². The summed E-state index contributed by atoms with van der Waals surface area (Å²) in [7, 11) is 0. The molecule has 1 N–H and O–H groups in total. The van der Waals surface area contributed by atoms with Crippen LogP contribution in [0.5, 0.6) is 0 Å². The van der Waals surface area contributed by atoms with E-state index in [2.05, 4.69) is 61.4 Å². The third-order valence-electron chi connectivity index (χ3n) is 3.23. The normalized spacial score (nSPS) is 11.2. The number of hydrogen-bond donors (Lipinski definition) is 1. The molecule has 1 heterocycles. The fourth-order valence-electron chi connectivity index (χ4n) is 2.19. The number of aryl methyl sites for hydroxylation is 2. The third-order valence-corrected chi connectivity index (χ3v) is 4.23. The lowest BCUT2D eigenvalue weighted by atomic mass is 10.0. The molecule has 4 heteroatoms. The van der Waals surface area contributed by atoms with Crippen molar-refractivity contribution in [3.63, 3.8) is 0 Å². The van der Waals surface area contributed by atoms with Gasteiger partial charge in [-0.1, -0.05) is 43.4 Å². The number of benzene rings is 1. The summed E-state index contributed by atoms with van der Waals surface area (Å²) in [5.41, 5.74) is 3.78. The van der Waals surface area contributed by atoms with Gasteiger partial charge in [-0.3, -0.25) is 0 Å². The van der Waals surface area contributed by atoms with Crippen LogP contribution in [0.3, 0.4) is 0 Å². The molecule has 0 saturated carbocycles. The van der Waals surface area contributed by atoms with Crippen molar-refractivity contribution in [1.82, 2.24) is 15.5 Å². The van der Waals surface area contributed by atoms with E-state index in [1.165, 1.54) is 16.7 Å². The average Bonchev–Trinajstić information content (AvgIpc) is 2.83. The van der Waals surface area contributed by atoms with Crippen LogP contribution < -0.4 is 5.32 Å². The highest BCUT2D eigenvalue weighted by molar-refractivity contribution is 7.14. The zero-order chi connectivity index (χ0) is 14.5. The van der Waals surface area contributed by atoms with Crippen molar-refractivity contribution in [3.05, 3.63) is 34.3 Å². The number of nitrogens with zero attached hydrogens (tertiary/aromatic N) is 2. The molecule has 0 aliphatic carbocycles.